The molecule has 0 aliphatic heterocycles. The van der Waals surface area contributed by atoms with Gasteiger partial charge in [0.05, 0.1) is 18.5 Å². The van der Waals surface area contributed by atoms with E-state index < -0.39 is 0 Å². The summed E-state index contributed by atoms with van der Waals surface area (Å²) in [4.78, 5) is 33.4. The highest BCUT2D eigenvalue weighted by molar-refractivity contribution is 6.30. The van der Waals surface area contributed by atoms with Crippen molar-refractivity contribution in [2.45, 2.75) is 6.42 Å². The molecule has 3 aromatic heterocycles. The second kappa shape index (κ2) is 9.03. The zero-order valence-electron chi connectivity index (χ0n) is 18.3. The molecule has 5 rings (SSSR count). The van der Waals surface area contributed by atoms with Gasteiger partial charge in [0.2, 0.25) is 0 Å². The van der Waals surface area contributed by atoms with Gasteiger partial charge in [0.25, 0.3) is 11.5 Å². The predicted molar refractivity (Wildman–Crippen MR) is 133 cm³/mol. The van der Waals surface area contributed by atoms with Gasteiger partial charge in [-0.15, -0.1) is 0 Å². The number of hydrogen-bond donors (Lipinski definition) is 2. The molecular weight excluding hydrogens is 452 g/mol. The number of aromatic amines is 1. The number of hydrogen-bond acceptors (Lipinski definition) is 4. The summed E-state index contributed by atoms with van der Waals surface area (Å²) in [7, 11) is 1.62. The zero-order chi connectivity index (χ0) is 23.7. The molecule has 0 spiro atoms. The van der Waals surface area contributed by atoms with Crippen molar-refractivity contribution in [1.29, 1.82) is 0 Å². The van der Waals surface area contributed by atoms with E-state index in [0.717, 1.165) is 27.9 Å². The number of H-pyrrole nitrogens is 1. The van der Waals surface area contributed by atoms with Crippen LogP contribution in [-0.2, 0) is 6.42 Å². The highest BCUT2D eigenvalue weighted by Gasteiger charge is 2.17. The van der Waals surface area contributed by atoms with Crippen molar-refractivity contribution in [2.24, 2.45) is 0 Å². The number of nitrogens with zero attached hydrogens (tertiary/aromatic N) is 2. The molecule has 0 atom stereocenters. The number of nitrogens with one attached hydrogen (secondary N) is 2. The molecule has 7 nitrogen and oxygen atoms in total. The summed E-state index contributed by atoms with van der Waals surface area (Å²) >= 11 is 5.92. The number of halogens is 1. The van der Waals surface area contributed by atoms with Crippen molar-refractivity contribution < 1.29 is 9.53 Å². The van der Waals surface area contributed by atoms with E-state index in [4.69, 9.17) is 21.3 Å². The van der Waals surface area contributed by atoms with Crippen molar-refractivity contribution in [3.8, 4) is 17.1 Å². The maximum absolute atomic E-state index is 12.7. The monoisotopic (exact) mass is 472 g/mol. The number of ether oxygens (including phenoxy) is 1. The van der Waals surface area contributed by atoms with Crippen molar-refractivity contribution in [3.63, 3.8) is 0 Å². The van der Waals surface area contributed by atoms with E-state index in [1.165, 1.54) is 10.5 Å². The standard InChI is InChI=1S/C26H21ClN4O3/c1-34-18-9-10-21-20(14-18)19(11-12-28-26(33)16-5-7-17(27)8-6-16)25(30-21)22-15-24(32)31-13-3-2-4-23(31)29-22/h2-10,13-15,30H,11-12H2,1H3,(H,28,33). The van der Waals surface area contributed by atoms with Gasteiger partial charge < -0.3 is 15.0 Å². The molecule has 0 radical (unpaired) electrons. The maximum atomic E-state index is 12.7. The average molecular weight is 473 g/mol. The number of methoxy groups -OCH3 is 1. The molecule has 1 amide bonds. The molecule has 0 aliphatic rings. The first kappa shape index (κ1) is 21.7. The Kier molecular flexibility index (Phi) is 5.77. The van der Waals surface area contributed by atoms with Gasteiger partial charge in [0, 0.05) is 40.3 Å². The fraction of sp³-hybridized carbons (Fsp3) is 0.115. The van der Waals surface area contributed by atoms with E-state index in [9.17, 15) is 9.59 Å². The first-order chi connectivity index (χ1) is 16.5. The van der Waals surface area contributed by atoms with Crippen LogP contribution in [0.3, 0.4) is 0 Å². The van der Waals surface area contributed by atoms with Gasteiger partial charge in [0.1, 0.15) is 11.4 Å². The molecule has 34 heavy (non-hydrogen) atoms. The summed E-state index contributed by atoms with van der Waals surface area (Å²) in [6, 6.07) is 19.4. The van der Waals surface area contributed by atoms with Crippen LogP contribution in [0.1, 0.15) is 15.9 Å². The summed E-state index contributed by atoms with van der Waals surface area (Å²) < 4.78 is 6.92. The molecule has 0 fully saturated rings. The van der Waals surface area contributed by atoms with Gasteiger partial charge in [-0.2, -0.15) is 0 Å². The molecule has 8 heteroatoms. The molecule has 170 valence electrons. The van der Waals surface area contributed by atoms with E-state index in [1.54, 1.807) is 49.7 Å². The van der Waals surface area contributed by atoms with Crippen LogP contribution in [0.15, 0.2) is 77.7 Å². The normalized spacial score (nSPS) is 11.1. The summed E-state index contributed by atoms with van der Waals surface area (Å²) in [5.74, 6) is 0.536. The number of rotatable bonds is 6. The Morgan fingerprint density at radius 1 is 1.12 bits per heavy atom. The summed E-state index contributed by atoms with van der Waals surface area (Å²) in [5.41, 5.74) is 4.05. The van der Waals surface area contributed by atoms with E-state index in [1.807, 2.05) is 24.3 Å². The molecule has 0 bridgehead atoms. The predicted octanol–water partition coefficient (Wildman–Crippen LogP) is 4.48. The van der Waals surface area contributed by atoms with E-state index in [-0.39, 0.29) is 11.5 Å². The Morgan fingerprint density at radius 3 is 2.74 bits per heavy atom. The molecule has 2 N–H and O–H groups in total. The molecule has 0 aliphatic carbocycles. The average Bonchev–Trinajstić information content (AvgIpc) is 3.22. The van der Waals surface area contributed by atoms with Gasteiger partial charge in [-0.3, -0.25) is 14.0 Å². The summed E-state index contributed by atoms with van der Waals surface area (Å²) in [5, 5.41) is 4.48. The second-order valence-electron chi connectivity index (χ2n) is 7.81. The molecule has 0 saturated carbocycles. The molecular formula is C26H21ClN4O3. The van der Waals surface area contributed by atoms with Crippen LogP contribution in [0.25, 0.3) is 27.9 Å². The van der Waals surface area contributed by atoms with Crippen molar-refractivity contribution in [2.75, 3.05) is 13.7 Å². The van der Waals surface area contributed by atoms with Gasteiger partial charge in [0.15, 0.2) is 0 Å². The smallest absolute Gasteiger partial charge is 0.258 e. The van der Waals surface area contributed by atoms with Gasteiger partial charge in [-0.1, -0.05) is 17.7 Å². The van der Waals surface area contributed by atoms with E-state index >= 15 is 0 Å². The Labute approximate surface area is 200 Å². The lowest BCUT2D eigenvalue weighted by Crippen LogP contribution is -2.25. The number of carbonyl (C=O) groups is 1. The van der Waals surface area contributed by atoms with Crippen molar-refractivity contribution in [3.05, 3.63) is 99.4 Å². The Balaban J connectivity index is 1.52. The van der Waals surface area contributed by atoms with Crippen molar-refractivity contribution in [1.82, 2.24) is 19.7 Å². The fourth-order valence-electron chi connectivity index (χ4n) is 4.02. The van der Waals surface area contributed by atoms with Crippen LogP contribution in [0.5, 0.6) is 5.75 Å². The lowest BCUT2D eigenvalue weighted by Gasteiger charge is -2.09. The molecule has 0 unspecified atom stereocenters. The topological polar surface area (TPSA) is 88.5 Å². The van der Waals surface area contributed by atoms with Gasteiger partial charge in [-0.05, 0) is 66.6 Å². The number of pyridine rings is 1. The third-order valence-corrected chi connectivity index (χ3v) is 5.96. The molecule has 2 aromatic carbocycles. The lowest BCUT2D eigenvalue weighted by molar-refractivity contribution is 0.0954. The minimum absolute atomic E-state index is 0.168. The summed E-state index contributed by atoms with van der Waals surface area (Å²) in [6.45, 7) is 0.394. The lowest BCUT2D eigenvalue weighted by atomic mass is 10.0. The minimum Gasteiger partial charge on any atom is -0.497 e. The quantitative estimate of drug-likeness (QED) is 0.381. The van der Waals surface area contributed by atoms with Crippen LogP contribution in [0.2, 0.25) is 5.02 Å². The zero-order valence-corrected chi connectivity index (χ0v) is 19.1. The highest BCUT2D eigenvalue weighted by Crippen LogP contribution is 2.32. The van der Waals surface area contributed by atoms with Crippen LogP contribution in [0, 0.1) is 0 Å². The van der Waals surface area contributed by atoms with Crippen LogP contribution in [-0.4, -0.2) is 33.9 Å². The maximum Gasteiger partial charge on any atom is 0.258 e. The minimum atomic E-state index is -0.183. The Hall–Kier alpha value is -4.10. The van der Waals surface area contributed by atoms with Crippen LogP contribution < -0.4 is 15.6 Å². The van der Waals surface area contributed by atoms with Crippen LogP contribution in [0.4, 0.5) is 0 Å². The number of aromatic nitrogens is 3. The number of amides is 1. The molecule has 0 saturated heterocycles. The van der Waals surface area contributed by atoms with E-state index in [2.05, 4.69) is 10.3 Å². The fourth-order valence-corrected chi connectivity index (χ4v) is 4.14. The van der Waals surface area contributed by atoms with Crippen LogP contribution >= 0.6 is 11.6 Å². The Morgan fingerprint density at radius 2 is 1.94 bits per heavy atom. The molecule has 5 aromatic rings. The highest BCUT2D eigenvalue weighted by atomic mass is 35.5. The Bertz CT molecular complexity index is 1570. The van der Waals surface area contributed by atoms with Gasteiger partial charge >= 0.3 is 0 Å². The third-order valence-electron chi connectivity index (χ3n) is 5.71. The largest absolute Gasteiger partial charge is 0.497 e. The second-order valence-corrected chi connectivity index (χ2v) is 8.25. The first-order valence-electron chi connectivity index (χ1n) is 10.7. The first-order valence-corrected chi connectivity index (χ1v) is 11.1. The van der Waals surface area contributed by atoms with Crippen molar-refractivity contribution >= 4 is 34.1 Å². The SMILES string of the molecule is COc1ccc2[nH]c(-c3cc(=O)n4ccccc4n3)c(CCNC(=O)c3ccc(Cl)cc3)c2c1. The molecule has 3 heterocycles. The van der Waals surface area contributed by atoms with Gasteiger partial charge in [-0.25, -0.2) is 4.98 Å². The number of carbonyl (C=O) groups excluding carboxylic acids is 1. The third kappa shape index (κ3) is 4.13. The van der Waals surface area contributed by atoms with E-state index in [0.29, 0.717) is 34.9 Å². The number of fused-ring (bicyclic) bond motifs is 2. The summed E-state index contributed by atoms with van der Waals surface area (Å²) in [6.07, 6.45) is 2.22. The number of benzene rings is 2.